The Balaban J connectivity index is 1.88. The number of halogens is 3. The monoisotopic (exact) mass is 433 g/mol. The molecule has 1 saturated carbocycles. The highest BCUT2D eigenvalue weighted by Crippen LogP contribution is 2.38. The summed E-state index contributed by atoms with van der Waals surface area (Å²) in [5, 5.41) is 7.85. The number of nitrogens with zero attached hydrogens (tertiary/aromatic N) is 1. The van der Waals surface area contributed by atoms with Crippen molar-refractivity contribution >= 4 is 27.5 Å². The zero-order valence-corrected chi connectivity index (χ0v) is 15.9. The fourth-order valence-electron chi connectivity index (χ4n) is 3.46. The van der Waals surface area contributed by atoms with Crippen LogP contribution in [0.15, 0.2) is 29.2 Å². The Labute approximate surface area is 164 Å². The third kappa shape index (κ3) is 4.29. The number of alkyl halides is 3. The van der Waals surface area contributed by atoms with E-state index in [1.54, 1.807) is 0 Å². The van der Waals surface area contributed by atoms with Gasteiger partial charge in [-0.15, -0.1) is 0 Å². The minimum atomic E-state index is -4.92. The first-order valence-corrected chi connectivity index (χ1v) is 10.4. The number of carbonyl (C=O) groups is 3. The van der Waals surface area contributed by atoms with Crippen LogP contribution in [0.3, 0.4) is 0 Å². The third-order valence-electron chi connectivity index (χ3n) is 5.16. The van der Waals surface area contributed by atoms with E-state index >= 15 is 0 Å². The summed E-state index contributed by atoms with van der Waals surface area (Å²) in [6.45, 7) is -0.581. The van der Waals surface area contributed by atoms with Gasteiger partial charge in [0.2, 0.25) is 5.91 Å². The largest absolute Gasteiger partial charge is 0.480 e. The highest BCUT2D eigenvalue weighted by molar-refractivity contribution is 7.92. The first-order chi connectivity index (χ1) is 13.4. The zero-order valence-electron chi connectivity index (χ0n) is 15.1. The van der Waals surface area contributed by atoms with Gasteiger partial charge in [-0.05, 0) is 31.4 Å². The number of hydrogen-bond donors (Lipinski definition) is 1. The van der Waals surface area contributed by atoms with E-state index in [-0.39, 0.29) is 11.7 Å². The van der Waals surface area contributed by atoms with Gasteiger partial charge in [-0.2, -0.15) is 13.2 Å². The highest BCUT2D eigenvalue weighted by Gasteiger charge is 2.48. The summed E-state index contributed by atoms with van der Waals surface area (Å²) in [5.41, 5.74) is -1.35. The number of hydrogen-bond acceptors (Lipinski definition) is 5. The Morgan fingerprint density at radius 3 is 2.31 bits per heavy atom. The van der Waals surface area contributed by atoms with Crippen LogP contribution >= 0.6 is 0 Å². The Kier molecular flexibility index (Phi) is 5.46. The molecule has 1 heterocycles. The van der Waals surface area contributed by atoms with Crippen molar-refractivity contribution in [3.63, 3.8) is 0 Å². The molecular formula is C18H18F3NO6S. The van der Waals surface area contributed by atoms with Crippen molar-refractivity contribution in [3.05, 3.63) is 29.8 Å². The molecular weight excluding hydrogens is 415 g/mol. The molecule has 7 nitrogen and oxygen atoms in total. The molecule has 0 unspecified atom stereocenters. The lowest BCUT2D eigenvalue weighted by atomic mass is 10.1. The molecule has 0 spiro atoms. The van der Waals surface area contributed by atoms with Crippen molar-refractivity contribution in [2.75, 3.05) is 6.54 Å². The van der Waals surface area contributed by atoms with Crippen LogP contribution < -0.4 is 0 Å². The summed E-state index contributed by atoms with van der Waals surface area (Å²) in [6, 6.07) is 2.12. The summed E-state index contributed by atoms with van der Waals surface area (Å²) >= 11 is 0. The van der Waals surface area contributed by atoms with Crippen LogP contribution in [0.5, 0.6) is 0 Å². The Hall–Kier alpha value is -2.43. The second kappa shape index (κ2) is 7.43. The number of ketones is 1. The zero-order chi connectivity index (χ0) is 21.6. The molecule has 1 aliphatic heterocycles. The molecule has 1 aliphatic carbocycles. The minimum absolute atomic E-state index is 0.233. The smallest absolute Gasteiger partial charge is 0.417 e. The predicted molar refractivity (Wildman–Crippen MR) is 92.5 cm³/mol. The first kappa shape index (κ1) is 21.3. The summed E-state index contributed by atoms with van der Waals surface area (Å²) < 4.78 is 65.5. The van der Waals surface area contributed by atoms with Gasteiger partial charge in [-0.1, -0.05) is 12.1 Å². The second-order valence-corrected chi connectivity index (χ2v) is 9.41. The maximum atomic E-state index is 13.2. The number of rotatable bonds is 6. The number of likely N-dealkylation sites (tertiary alicyclic amines) is 1. The van der Waals surface area contributed by atoms with E-state index in [2.05, 4.69) is 0 Å². The number of carbonyl (C=O) groups excluding carboxylic acids is 2. The third-order valence-corrected chi connectivity index (χ3v) is 7.35. The number of amides is 1. The molecule has 29 heavy (non-hydrogen) atoms. The van der Waals surface area contributed by atoms with Crippen LogP contribution in [0.2, 0.25) is 0 Å². The van der Waals surface area contributed by atoms with Gasteiger partial charge in [0.05, 0.1) is 22.1 Å². The second-order valence-electron chi connectivity index (χ2n) is 7.21. The lowest BCUT2D eigenvalue weighted by Gasteiger charge is -2.21. The lowest BCUT2D eigenvalue weighted by Crippen LogP contribution is -2.41. The van der Waals surface area contributed by atoms with Crippen molar-refractivity contribution in [1.82, 2.24) is 4.90 Å². The quantitative estimate of drug-likeness (QED) is 0.687. The average Bonchev–Trinajstić information content (AvgIpc) is 3.38. The number of carboxylic acid groups (broad SMARTS) is 1. The lowest BCUT2D eigenvalue weighted by molar-refractivity contribution is -0.149. The molecule has 0 aromatic heterocycles. The first-order valence-electron chi connectivity index (χ1n) is 8.88. The van der Waals surface area contributed by atoms with Crippen LogP contribution in [0.25, 0.3) is 0 Å². The molecule has 2 atom stereocenters. The van der Waals surface area contributed by atoms with Crippen molar-refractivity contribution in [2.45, 2.75) is 48.0 Å². The average molecular weight is 433 g/mol. The molecule has 1 saturated heterocycles. The van der Waals surface area contributed by atoms with Gasteiger partial charge in [0, 0.05) is 12.5 Å². The number of Topliss-reactive ketones (excluding diaryl/α,β-unsaturated/α-hetero) is 1. The Morgan fingerprint density at radius 1 is 1.14 bits per heavy atom. The molecule has 1 aromatic carbocycles. The topological polar surface area (TPSA) is 109 Å². The van der Waals surface area contributed by atoms with Gasteiger partial charge >= 0.3 is 12.1 Å². The van der Waals surface area contributed by atoms with Gasteiger partial charge in [0.15, 0.2) is 9.84 Å². The van der Waals surface area contributed by atoms with Crippen LogP contribution in [-0.4, -0.2) is 53.9 Å². The van der Waals surface area contributed by atoms with Crippen LogP contribution in [0, 0.1) is 5.92 Å². The van der Waals surface area contributed by atoms with E-state index in [1.807, 2.05) is 0 Å². The predicted octanol–water partition coefficient (Wildman–Crippen LogP) is 1.90. The van der Waals surface area contributed by atoms with Gasteiger partial charge < -0.3 is 10.0 Å². The van der Waals surface area contributed by atoms with E-state index in [1.165, 1.54) is 0 Å². The molecule has 1 N–H and O–H groups in total. The fourth-order valence-corrected chi connectivity index (χ4v) is 5.37. The molecule has 2 aliphatic rings. The SMILES string of the molecule is O=C(CC(=O)N1C[C@H](S(=O)(=O)c2ccccc2C(F)(F)F)C[C@H]1C(=O)O)C1CC1. The maximum Gasteiger partial charge on any atom is 0.417 e. The number of aliphatic carboxylic acids is 1. The summed E-state index contributed by atoms with van der Waals surface area (Å²) in [7, 11) is -4.58. The van der Waals surface area contributed by atoms with E-state index in [4.69, 9.17) is 0 Å². The molecule has 1 amide bonds. The van der Waals surface area contributed by atoms with Crippen molar-refractivity contribution in [2.24, 2.45) is 5.92 Å². The van der Waals surface area contributed by atoms with Crippen molar-refractivity contribution < 1.29 is 41.1 Å². The standard InChI is InChI=1S/C18H18F3NO6S/c19-18(20,21)12-3-1-2-4-15(12)29(27,28)11-7-13(17(25)26)22(9-11)16(24)8-14(23)10-5-6-10/h1-4,10-11,13H,5-9H2,(H,25,26)/t11-,13+/m1/s1. The van der Waals surface area contributed by atoms with Gasteiger partial charge in [-0.25, -0.2) is 13.2 Å². The van der Waals surface area contributed by atoms with Crippen LogP contribution in [0.1, 0.15) is 31.2 Å². The highest BCUT2D eigenvalue weighted by atomic mass is 32.2. The summed E-state index contributed by atoms with van der Waals surface area (Å²) in [6.07, 6.45) is -4.70. The molecule has 0 radical (unpaired) electrons. The summed E-state index contributed by atoms with van der Waals surface area (Å²) in [4.78, 5) is 35.6. The van der Waals surface area contributed by atoms with Gasteiger partial charge in [0.25, 0.3) is 0 Å². The molecule has 1 aromatic rings. The fraction of sp³-hybridized carbons (Fsp3) is 0.500. The molecule has 0 bridgehead atoms. The molecule has 2 fully saturated rings. The molecule has 3 rings (SSSR count). The van der Waals surface area contributed by atoms with Crippen LogP contribution in [0.4, 0.5) is 13.2 Å². The van der Waals surface area contributed by atoms with E-state index in [9.17, 15) is 41.1 Å². The van der Waals surface area contributed by atoms with E-state index in [0.717, 1.165) is 23.1 Å². The minimum Gasteiger partial charge on any atom is -0.480 e. The van der Waals surface area contributed by atoms with Crippen molar-refractivity contribution in [1.29, 1.82) is 0 Å². The molecule has 158 valence electrons. The Bertz CT molecular complexity index is 955. The Morgan fingerprint density at radius 2 is 1.76 bits per heavy atom. The number of carboxylic acids is 1. The van der Waals surface area contributed by atoms with Crippen LogP contribution in [-0.2, 0) is 30.4 Å². The number of benzene rings is 1. The maximum absolute atomic E-state index is 13.2. The number of sulfone groups is 1. The normalized spacial score (nSPS) is 22.5. The van der Waals surface area contributed by atoms with E-state index < -0.39 is 69.0 Å². The van der Waals surface area contributed by atoms with Gasteiger partial charge in [-0.3, -0.25) is 9.59 Å². The van der Waals surface area contributed by atoms with Gasteiger partial charge in [0.1, 0.15) is 11.8 Å². The molecule has 11 heteroatoms. The van der Waals surface area contributed by atoms with E-state index in [0.29, 0.717) is 18.9 Å². The van der Waals surface area contributed by atoms with Crippen molar-refractivity contribution in [3.8, 4) is 0 Å². The summed E-state index contributed by atoms with van der Waals surface area (Å²) in [5.74, 6) is -2.87.